The summed E-state index contributed by atoms with van der Waals surface area (Å²) in [5, 5.41) is 5.51. The fourth-order valence-electron chi connectivity index (χ4n) is 3.18. The summed E-state index contributed by atoms with van der Waals surface area (Å²) in [4.78, 5) is 0. The highest BCUT2D eigenvalue weighted by Crippen LogP contribution is 2.29. The third kappa shape index (κ3) is 4.12. The van der Waals surface area contributed by atoms with Crippen molar-refractivity contribution in [1.29, 1.82) is 0 Å². The van der Waals surface area contributed by atoms with Gasteiger partial charge in [0.2, 0.25) is 0 Å². The molecule has 4 rings (SSSR count). The minimum atomic E-state index is -0.280. The van der Waals surface area contributed by atoms with Crippen LogP contribution in [0.1, 0.15) is 11.1 Å². The van der Waals surface area contributed by atoms with Gasteiger partial charge in [0.15, 0.2) is 0 Å². The maximum absolute atomic E-state index is 13.4. The molecule has 0 fully saturated rings. The van der Waals surface area contributed by atoms with Gasteiger partial charge in [-0.25, -0.2) is 8.78 Å². The Hall–Kier alpha value is -3.40. The molecule has 0 spiro atoms. The summed E-state index contributed by atoms with van der Waals surface area (Å²) in [6.45, 7) is 0.797. The van der Waals surface area contributed by atoms with E-state index in [1.165, 1.54) is 24.3 Å². The van der Waals surface area contributed by atoms with Gasteiger partial charge in [0.25, 0.3) is 0 Å². The van der Waals surface area contributed by atoms with E-state index in [1.54, 1.807) is 18.2 Å². The molecule has 0 radical (unpaired) electrons. The van der Waals surface area contributed by atoms with Gasteiger partial charge in [-0.15, -0.1) is 0 Å². The molecule has 0 aromatic heterocycles. The fraction of sp³-hybridized carbons (Fsp3) is 0.0833. The Morgan fingerprint density at radius 2 is 1.57 bits per heavy atom. The molecule has 0 saturated heterocycles. The highest BCUT2D eigenvalue weighted by Gasteiger charge is 2.10. The molecule has 28 heavy (non-hydrogen) atoms. The largest absolute Gasteiger partial charge is 0.489 e. The minimum absolute atomic E-state index is 0.269. The number of hydrogen-bond donors (Lipinski definition) is 1. The highest BCUT2D eigenvalue weighted by atomic mass is 19.1. The summed E-state index contributed by atoms with van der Waals surface area (Å²) in [5.74, 6) is 0.185. The molecule has 4 aromatic rings. The molecule has 0 unspecified atom stereocenters. The van der Waals surface area contributed by atoms with E-state index >= 15 is 0 Å². The Balaban J connectivity index is 1.61. The number of hydrogen-bond acceptors (Lipinski definition) is 2. The van der Waals surface area contributed by atoms with Gasteiger partial charge in [-0.3, -0.25) is 0 Å². The number of rotatable bonds is 6. The third-order valence-corrected chi connectivity index (χ3v) is 4.59. The lowest BCUT2D eigenvalue weighted by Crippen LogP contribution is -2.05. The molecule has 4 aromatic carbocycles. The summed E-state index contributed by atoms with van der Waals surface area (Å²) >= 11 is 0. The molecule has 0 aliphatic heterocycles. The number of halogens is 2. The quantitative estimate of drug-likeness (QED) is 0.426. The first-order valence-electron chi connectivity index (χ1n) is 9.06. The fourth-order valence-corrected chi connectivity index (χ4v) is 3.18. The number of benzene rings is 4. The van der Waals surface area contributed by atoms with Gasteiger partial charge in [-0.1, -0.05) is 42.5 Å². The smallest absolute Gasteiger partial charge is 0.125 e. The monoisotopic (exact) mass is 375 g/mol. The van der Waals surface area contributed by atoms with Crippen molar-refractivity contribution in [3.8, 4) is 5.75 Å². The molecule has 0 heterocycles. The zero-order valence-electron chi connectivity index (χ0n) is 15.2. The highest BCUT2D eigenvalue weighted by molar-refractivity contribution is 5.88. The lowest BCUT2D eigenvalue weighted by molar-refractivity contribution is 0.303. The lowest BCUT2D eigenvalue weighted by atomic mass is 10.0. The second-order valence-electron chi connectivity index (χ2n) is 6.54. The van der Waals surface area contributed by atoms with Crippen molar-refractivity contribution in [3.05, 3.63) is 108 Å². The first kappa shape index (κ1) is 18.0. The molecular formula is C24H19F2NO. The molecule has 0 bridgehead atoms. The van der Waals surface area contributed by atoms with Gasteiger partial charge in [0, 0.05) is 17.8 Å². The molecule has 0 atom stereocenters. The van der Waals surface area contributed by atoms with Gasteiger partial charge >= 0.3 is 0 Å². The van der Waals surface area contributed by atoms with E-state index in [4.69, 9.17) is 4.74 Å². The SMILES string of the molecule is Fc1ccc(NCc2c(OCc3cccc(F)c3)ccc3ccccc23)cc1. The maximum Gasteiger partial charge on any atom is 0.125 e. The van der Waals surface area contributed by atoms with Crippen LogP contribution in [0.2, 0.25) is 0 Å². The standard InChI is InChI=1S/C24H19F2NO/c25-19-9-11-21(12-10-19)27-15-23-22-7-2-1-5-18(22)8-13-24(23)28-16-17-4-3-6-20(26)14-17/h1-14,27H,15-16H2. The van der Waals surface area contributed by atoms with Crippen LogP contribution >= 0.6 is 0 Å². The second-order valence-corrected chi connectivity index (χ2v) is 6.54. The molecule has 140 valence electrons. The number of nitrogens with one attached hydrogen (secondary N) is 1. The van der Waals surface area contributed by atoms with E-state index in [1.807, 2.05) is 42.5 Å². The number of ether oxygens (including phenoxy) is 1. The normalized spacial score (nSPS) is 10.8. The van der Waals surface area contributed by atoms with E-state index in [0.717, 1.165) is 33.3 Å². The molecule has 4 heteroatoms. The first-order chi connectivity index (χ1) is 13.7. The van der Waals surface area contributed by atoms with Crippen LogP contribution in [-0.2, 0) is 13.2 Å². The molecule has 0 aliphatic carbocycles. The van der Waals surface area contributed by atoms with E-state index in [0.29, 0.717) is 6.54 Å². The van der Waals surface area contributed by atoms with Crippen molar-refractivity contribution in [2.75, 3.05) is 5.32 Å². The molecule has 2 nitrogen and oxygen atoms in total. The van der Waals surface area contributed by atoms with E-state index in [-0.39, 0.29) is 18.2 Å². The summed E-state index contributed by atoms with van der Waals surface area (Å²) in [5.41, 5.74) is 2.59. The van der Waals surface area contributed by atoms with E-state index in [2.05, 4.69) is 5.32 Å². The lowest BCUT2D eigenvalue weighted by Gasteiger charge is -2.16. The molecule has 1 N–H and O–H groups in total. The van der Waals surface area contributed by atoms with Crippen molar-refractivity contribution >= 4 is 16.5 Å². The predicted octanol–water partition coefficient (Wildman–Crippen LogP) is 6.31. The average molecular weight is 375 g/mol. The molecular weight excluding hydrogens is 356 g/mol. The van der Waals surface area contributed by atoms with Crippen molar-refractivity contribution < 1.29 is 13.5 Å². The van der Waals surface area contributed by atoms with Crippen LogP contribution in [-0.4, -0.2) is 0 Å². The molecule has 0 amide bonds. The van der Waals surface area contributed by atoms with Crippen molar-refractivity contribution in [2.24, 2.45) is 0 Å². The first-order valence-corrected chi connectivity index (χ1v) is 9.06. The van der Waals surface area contributed by atoms with Crippen molar-refractivity contribution in [1.82, 2.24) is 0 Å². The number of fused-ring (bicyclic) bond motifs is 1. The minimum Gasteiger partial charge on any atom is -0.489 e. The van der Waals surface area contributed by atoms with Crippen LogP contribution in [0.25, 0.3) is 10.8 Å². The second kappa shape index (κ2) is 8.09. The van der Waals surface area contributed by atoms with Crippen molar-refractivity contribution in [3.63, 3.8) is 0 Å². The zero-order chi connectivity index (χ0) is 19.3. The third-order valence-electron chi connectivity index (χ3n) is 4.59. The summed E-state index contributed by atoms with van der Waals surface area (Å²) in [6.07, 6.45) is 0. The van der Waals surface area contributed by atoms with Gasteiger partial charge in [-0.05, 0) is 58.8 Å². The average Bonchev–Trinajstić information content (AvgIpc) is 2.72. The van der Waals surface area contributed by atoms with Gasteiger partial charge in [0.05, 0.1) is 0 Å². The Morgan fingerprint density at radius 3 is 2.39 bits per heavy atom. The van der Waals surface area contributed by atoms with E-state index in [9.17, 15) is 8.78 Å². The Morgan fingerprint density at radius 1 is 0.750 bits per heavy atom. The Kier molecular flexibility index (Phi) is 5.20. The topological polar surface area (TPSA) is 21.3 Å². The number of anilines is 1. The van der Waals surface area contributed by atoms with Crippen LogP contribution in [0, 0.1) is 11.6 Å². The zero-order valence-corrected chi connectivity index (χ0v) is 15.2. The predicted molar refractivity (Wildman–Crippen MR) is 108 cm³/mol. The molecule has 0 aliphatic rings. The maximum atomic E-state index is 13.4. The summed E-state index contributed by atoms with van der Waals surface area (Å²) in [6, 6.07) is 24.7. The summed E-state index contributed by atoms with van der Waals surface area (Å²) in [7, 11) is 0. The van der Waals surface area contributed by atoms with Crippen LogP contribution in [0.5, 0.6) is 5.75 Å². The van der Waals surface area contributed by atoms with Gasteiger partial charge in [-0.2, -0.15) is 0 Å². The Bertz CT molecular complexity index is 1090. The van der Waals surface area contributed by atoms with Crippen LogP contribution in [0.4, 0.5) is 14.5 Å². The van der Waals surface area contributed by atoms with Crippen LogP contribution < -0.4 is 10.1 Å². The van der Waals surface area contributed by atoms with Gasteiger partial charge < -0.3 is 10.1 Å². The summed E-state index contributed by atoms with van der Waals surface area (Å²) < 4.78 is 32.6. The Labute approximate surface area is 162 Å². The molecule has 0 saturated carbocycles. The van der Waals surface area contributed by atoms with Crippen molar-refractivity contribution in [2.45, 2.75) is 13.2 Å². The van der Waals surface area contributed by atoms with E-state index < -0.39 is 0 Å². The van der Waals surface area contributed by atoms with Crippen LogP contribution in [0.15, 0.2) is 84.9 Å². The van der Waals surface area contributed by atoms with Crippen LogP contribution in [0.3, 0.4) is 0 Å². The van der Waals surface area contributed by atoms with Gasteiger partial charge in [0.1, 0.15) is 24.0 Å².